The number of nitrogens with two attached hydrogens (primary N) is 1. The van der Waals surface area contributed by atoms with Crippen molar-refractivity contribution in [1.82, 2.24) is 0 Å². The summed E-state index contributed by atoms with van der Waals surface area (Å²) in [4.78, 5) is 0. The lowest BCUT2D eigenvalue weighted by Gasteiger charge is -2.10. The van der Waals surface area contributed by atoms with Crippen LogP contribution in [-0.4, -0.2) is 13.7 Å². The molecule has 1 aromatic carbocycles. The van der Waals surface area contributed by atoms with Crippen LogP contribution in [-0.2, 0) is 6.42 Å². The Morgan fingerprint density at radius 2 is 2.15 bits per heavy atom. The number of ether oxygens (including phenoxy) is 1. The van der Waals surface area contributed by atoms with Crippen LogP contribution in [0.5, 0.6) is 5.75 Å². The third kappa shape index (κ3) is 1.98. The van der Waals surface area contributed by atoms with Crippen molar-refractivity contribution in [2.24, 2.45) is 5.73 Å². The van der Waals surface area contributed by atoms with Crippen molar-refractivity contribution in [3.63, 3.8) is 0 Å². The Labute approximate surface area is 77.5 Å². The average molecular weight is 183 g/mol. The molecule has 1 rings (SSSR count). The predicted octanol–water partition coefficient (Wildman–Crippen LogP) is 1.64. The monoisotopic (exact) mass is 183 g/mol. The van der Waals surface area contributed by atoms with Crippen molar-refractivity contribution in [3.8, 4) is 5.75 Å². The van der Waals surface area contributed by atoms with E-state index < -0.39 is 0 Å². The number of rotatable bonds is 3. The van der Waals surface area contributed by atoms with E-state index in [0.717, 1.165) is 5.56 Å². The van der Waals surface area contributed by atoms with Crippen molar-refractivity contribution in [2.75, 3.05) is 13.7 Å². The van der Waals surface area contributed by atoms with Crippen LogP contribution in [0.2, 0.25) is 0 Å². The van der Waals surface area contributed by atoms with Gasteiger partial charge in [0.25, 0.3) is 0 Å². The summed E-state index contributed by atoms with van der Waals surface area (Å²) >= 11 is 0. The molecule has 0 radical (unpaired) electrons. The van der Waals surface area contributed by atoms with Crippen LogP contribution in [0.25, 0.3) is 0 Å². The molecule has 13 heavy (non-hydrogen) atoms. The van der Waals surface area contributed by atoms with E-state index in [1.54, 1.807) is 13.2 Å². The van der Waals surface area contributed by atoms with Crippen LogP contribution in [0.3, 0.4) is 0 Å². The molecule has 0 saturated heterocycles. The van der Waals surface area contributed by atoms with Crippen molar-refractivity contribution in [1.29, 1.82) is 0 Å². The van der Waals surface area contributed by atoms with Crippen LogP contribution in [0.4, 0.5) is 4.39 Å². The number of halogens is 1. The molecule has 0 aliphatic carbocycles. The second-order valence-electron chi connectivity index (χ2n) is 2.89. The maximum absolute atomic E-state index is 13.2. The van der Waals surface area contributed by atoms with E-state index in [1.807, 2.05) is 6.92 Å². The highest BCUT2D eigenvalue weighted by atomic mass is 19.1. The van der Waals surface area contributed by atoms with Gasteiger partial charge in [0.05, 0.1) is 7.11 Å². The molecule has 1 aromatic rings. The molecule has 0 unspecified atom stereocenters. The zero-order chi connectivity index (χ0) is 9.84. The lowest BCUT2D eigenvalue weighted by molar-refractivity contribution is 0.409. The van der Waals surface area contributed by atoms with Gasteiger partial charge in [-0.1, -0.05) is 0 Å². The number of hydrogen-bond donors (Lipinski definition) is 1. The third-order valence-corrected chi connectivity index (χ3v) is 2.11. The van der Waals surface area contributed by atoms with E-state index in [-0.39, 0.29) is 5.82 Å². The fourth-order valence-corrected chi connectivity index (χ4v) is 1.37. The van der Waals surface area contributed by atoms with Gasteiger partial charge in [0, 0.05) is 0 Å². The minimum Gasteiger partial charge on any atom is -0.496 e. The Balaban J connectivity index is 3.13. The van der Waals surface area contributed by atoms with Gasteiger partial charge in [-0.15, -0.1) is 0 Å². The average Bonchev–Trinajstić information content (AvgIpc) is 2.12. The number of hydrogen-bond acceptors (Lipinski definition) is 2. The Morgan fingerprint density at radius 1 is 1.46 bits per heavy atom. The van der Waals surface area contributed by atoms with E-state index in [9.17, 15) is 4.39 Å². The highest BCUT2D eigenvalue weighted by Crippen LogP contribution is 2.23. The fraction of sp³-hybridized carbons (Fsp3) is 0.400. The molecule has 0 saturated carbocycles. The molecule has 0 heterocycles. The second kappa shape index (κ2) is 4.23. The normalized spacial score (nSPS) is 10.2. The first-order valence-corrected chi connectivity index (χ1v) is 4.22. The molecule has 0 aliphatic heterocycles. The van der Waals surface area contributed by atoms with E-state index in [4.69, 9.17) is 10.5 Å². The molecular formula is C10H14FNO. The molecule has 0 aromatic heterocycles. The summed E-state index contributed by atoms with van der Waals surface area (Å²) < 4.78 is 18.3. The summed E-state index contributed by atoms with van der Waals surface area (Å²) in [5, 5.41) is 0. The van der Waals surface area contributed by atoms with Gasteiger partial charge in [0.1, 0.15) is 11.6 Å². The van der Waals surface area contributed by atoms with Crippen LogP contribution in [0.1, 0.15) is 11.1 Å². The second-order valence-corrected chi connectivity index (χ2v) is 2.89. The van der Waals surface area contributed by atoms with Gasteiger partial charge in [-0.3, -0.25) is 0 Å². The summed E-state index contributed by atoms with van der Waals surface area (Å²) in [6, 6.07) is 3.04. The fourth-order valence-electron chi connectivity index (χ4n) is 1.37. The van der Waals surface area contributed by atoms with E-state index in [2.05, 4.69) is 0 Å². The van der Waals surface area contributed by atoms with Gasteiger partial charge >= 0.3 is 0 Å². The standard InChI is InChI=1S/C10H14FNO/c1-7-8(5-6-12)9(11)3-4-10(7)13-2/h3-4H,5-6,12H2,1-2H3. The zero-order valence-corrected chi connectivity index (χ0v) is 7.93. The Bertz CT molecular complexity index is 299. The quantitative estimate of drug-likeness (QED) is 0.773. The van der Waals surface area contributed by atoms with E-state index in [0.29, 0.717) is 24.3 Å². The van der Waals surface area contributed by atoms with Gasteiger partial charge < -0.3 is 10.5 Å². The van der Waals surface area contributed by atoms with Crippen LogP contribution >= 0.6 is 0 Å². The molecule has 72 valence electrons. The molecule has 0 bridgehead atoms. The summed E-state index contributed by atoms with van der Waals surface area (Å²) in [7, 11) is 1.58. The Hall–Kier alpha value is -1.09. The lowest BCUT2D eigenvalue weighted by atomic mass is 10.0. The van der Waals surface area contributed by atoms with Gasteiger partial charge in [0.2, 0.25) is 0 Å². The summed E-state index contributed by atoms with van der Waals surface area (Å²) in [6.45, 7) is 2.29. The number of methoxy groups -OCH3 is 1. The zero-order valence-electron chi connectivity index (χ0n) is 7.93. The van der Waals surface area contributed by atoms with Gasteiger partial charge in [0.15, 0.2) is 0 Å². The lowest BCUT2D eigenvalue weighted by Crippen LogP contribution is -2.07. The highest BCUT2D eigenvalue weighted by Gasteiger charge is 2.08. The van der Waals surface area contributed by atoms with Crippen LogP contribution in [0, 0.1) is 12.7 Å². The molecule has 0 atom stereocenters. The third-order valence-electron chi connectivity index (χ3n) is 2.11. The molecule has 2 nitrogen and oxygen atoms in total. The SMILES string of the molecule is COc1ccc(F)c(CCN)c1C. The molecule has 0 spiro atoms. The van der Waals surface area contributed by atoms with Crippen molar-refractivity contribution < 1.29 is 9.13 Å². The van der Waals surface area contributed by atoms with Crippen molar-refractivity contribution in [3.05, 3.63) is 29.1 Å². The van der Waals surface area contributed by atoms with Crippen LogP contribution in [0.15, 0.2) is 12.1 Å². The Morgan fingerprint density at radius 3 is 2.69 bits per heavy atom. The van der Waals surface area contributed by atoms with Crippen LogP contribution < -0.4 is 10.5 Å². The van der Waals surface area contributed by atoms with Gasteiger partial charge in [-0.25, -0.2) is 4.39 Å². The topological polar surface area (TPSA) is 35.2 Å². The van der Waals surface area contributed by atoms with Gasteiger partial charge in [-0.2, -0.15) is 0 Å². The molecule has 0 amide bonds. The van der Waals surface area contributed by atoms with Crippen molar-refractivity contribution in [2.45, 2.75) is 13.3 Å². The van der Waals surface area contributed by atoms with E-state index in [1.165, 1.54) is 6.07 Å². The molecule has 3 heteroatoms. The smallest absolute Gasteiger partial charge is 0.126 e. The summed E-state index contributed by atoms with van der Waals surface area (Å²) in [5.74, 6) is 0.508. The summed E-state index contributed by atoms with van der Waals surface area (Å²) in [5.41, 5.74) is 6.88. The molecule has 0 aliphatic rings. The highest BCUT2D eigenvalue weighted by molar-refractivity contribution is 5.40. The largest absolute Gasteiger partial charge is 0.496 e. The van der Waals surface area contributed by atoms with E-state index >= 15 is 0 Å². The Kier molecular flexibility index (Phi) is 3.25. The minimum atomic E-state index is -0.205. The van der Waals surface area contributed by atoms with Gasteiger partial charge in [-0.05, 0) is 43.1 Å². The first-order chi connectivity index (χ1) is 6.20. The maximum Gasteiger partial charge on any atom is 0.126 e. The first-order valence-electron chi connectivity index (χ1n) is 4.22. The molecule has 2 N–H and O–H groups in total. The first kappa shape index (κ1) is 9.99. The number of benzene rings is 1. The predicted molar refractivity (Wildman–Crippen MR) is 50.4 cm³/mol. The molecular weight excluding hydrogens is 169 g/mol. The summed E-state index contributed by atoms with van der Waals surface area (Å²) in [6.07, 6.45) is 0.550. The van der Waals surface area contributed by atoms with Crippen molar-refractivity contribution >= 4 is 0 Å². The minimum absolute atomic E-state index is 0.205. The molecule has 0 fully saturated rings. The maximum atomic E-state index is 13.2.